The van der Waals surface area contributed by atoms with Crippen molar-refractivity contribution in [1.82, 2.24) is 9.97 Å². The molecule has 0 unspecified atom stereocenters. The van der Waals surface area contributed by atoms with Crippen LogP contribution in [0.1, 0.15) is 12.8 Å². The van der Waals surface area contributed by atoms with Crippen molar-refractivity contribution < 1.29 is 4.74 Å². The zero-order chi connectivity index (χ0) is 11.4. The Bertz CT molecular complexity index is 356. The highest BCUT2D eigenvalue weighted by Gasteiger charge is 2.14. The molecule has 7 heteroatoms. The minimum atomic E-state index is 0.333. The number of nitrogens with two attached hydrogens (primary N) is 1. The summed E-state index contributed by atoms with van der Waals surface area (Å²) in [5.74, 6) is 0.861. The van der Waals surface area contributed by atoms with E-state index in [1.807, 2.05) is 0 Å². The zero-order valence-corrected chi connectivity index (χ0v) is 9.50. The Morgan fingerprint density at radius 3 is 2.81 bits per heavy atom. The molecule has 1 aliphatic rings. The predicted molar refractivity (Wildman–Crippen MR) is 63.4 cm³/mol. The van der Waals surface area contributed by atoms with Gasteiger partial charge in [0.2, 0.25) is 5.95 Å². The fourth-order valence-electron chi connectivity index (χ4n) is 1.56. The molecule has 2 rings (SSSR count). The van der Waals surface area contributed by atoms with E-state index in [2.05, 4.69) is 20.1 Å². The summed E-state index contributed by atoms with van der Waals surface area (Å²) >= 11 is 5.43. The molecule has 1 saturated heterocycles. The average molecular weight is 244 g/mol. The van der Waals surface area contributed by atoms with Gasteiger partial charge < -0.3 is 15.8 Å². The predicted octanol–water partition coefficient (Wildman–Crippen LogP) is 1.22. The highest BCUT2D eigenvalue weighted by molar-refractivity contribution is 6.24. The summed E-state index contributed by atoms with van der Waals surface area (Å²) in [6, 6.07) is 0.350. The Labute approximate surface area is 98.7 Å². The first-order chi connectivity index (χ1) is 7.79. The van der Waals surface area contributed by atoms with Crippen LogP contribution in [0.5, 0.6) is 0 Å². The fraction of sp³-hybridized carbons (Fsp3) is 0.556. The SMILES string of the molecule is Nc1nc(NC2CCOCC2)ncc1NCl. The van der Waals surface area contributed by atoms with Crippen molar-refractivity contribution in [2.75, 3.05) is 29.1 Å². The molecule has 1 fully saturated rings. The van der Waals surface area contributed by atoms with E-state index >= 15 is 0 Å². The normalized spacial score (nSPS) is 17.1. The summed E-state index contributed by atoms with van der Waals surface area (Å²) in [5.41, 5.74) is 6.19. The van der Waals surface area contributed by atoms with Crippen LogP contribution in [-0.2, 0) is 4.74 Å². The Morgan fingerprint density at radius 1 is 1.44 bits per heavy atom. The molecule has 0 aromatic carbocycles. The Hall–Kier alpha value is -1.27. The van der Waals surface area contributed by atoms with Gasteiger partial charge in [-0.25, -0.2) is 4.98 Å². The second kappa shape index (κ2) is 5.18. The van der Waals surface area contributed by atoms with Gasteiger partial charge in [0.1, 0.15) is 5.69 Å². The van der Waals surface area contributed by atoms with E-state index in [1.54, 1.807) is 6.20 Å². The summed E-state index contributed by atoms with van der Waals surface area (Å²) < 4.78 is 5.26. The molecule has 0 spiro atoms. The van der Waals surface area contributed by atoms with Crippen molar-refractivity contribution in [3.63, 3.8) is 0 Å². The highest BCUT2D eigenvalue weighted by Crippen LogP contribution is 2.18. The van der Waals surface area contributed by atoms with Crippen molar-refractivity contribution in [2.45, 2.75) is 18.9 Å². The summed E-state index contributed by atoms with van der Waals surface area (Å²) in [5, 5.41) is 3.22. The summed E-state index contributed by atoms with van der Waals surface area (Å²) in [6.07, 6.45) is 3.47. The van der Waals surface area contributed by atoms with Gasteiger partial charge >= 0.3 is 0 Å². The number of halogens is 1. The Balaban J connectivity index is 2.01. The molecule has 16 heavy (non-hydrogen) atoms. The second-order valence-corrected chi connectivity index (χ2v) is 3.81. The lowest BCUT2D eigenvalue weighted by Gasteiger charge is -2.23. The summed E-state index contributed by atoms with van der Waals surface area (Å²) in [6.45, 7) is 1.54. The Kier molecular flexibility index (Phi) is 3.63. The maximum Gasteiger partial charge on any atom is 0.224 e. The van der Waals surface area contributed by atoms with E-state index < -0.39 is 0 Å². The van der Waals surface area contributed by atoms with Gasteiger partial charge in [-0.05, 0) is 12.8 Å². The van der Waals surface area contributed by atoms with Gasteiger partial charge in [0.15, 0.2) is 5.82 Å². The molecule has 0 radical (unpaired) electrons. The zero-order valence-electron chi connectivity index (χ0n) is 8.74. The quantitative estimate of drug-likeness (QED) is 0.692. The lowest BCUT2D eigenvalue weighted by atomic mass is 10.1. The van der Waals surface area contributed by atoms with Crippen molar-refractivity contribution in [3.05, 3.63) is 6.20 Å². The number of anilines is 3. The van der Waals surface area contributed by atoms with Crippen LogP contribution in [0.25, 0.3) is 0 Å². The number of hydrogen-bond acceptors (Lipinski definition) is 6. The van der Waals surface area contributed by atoms with Crippen LogP contribution in [0.15, 0.2) is 6.20 Å². The molecule has 1 aliphatic heterocycles. The summed E-state index contributed by atoms with van der Waals surface area (Å²) in [7, 11) is 0. The van der Waals surface area contributed by atoms with Gasteiger partial charge in [-0.3, -0.25) is 4.84 Å². The number of rotatable bonds is 3. The van der Waals surface area contributed by atoms with E-state index in [4.69, 9.17) is 22.2 Å². The van der Waals surface area contributed by atoms with Gasteiger partial charge in [0.05, 0.1) is 6.20 Å². The molecular weight excluding hydrogens is 230 g/mol. The van der Waals surface area contributed by atoms with Crippen LogP contribution in [0, 0.1) is 0 Å². The van der Waals surface area contributed by atoms with Crippen molar-refractivity contribution >= 4 is 29.2 Å². The van der Waals surface area contributed by atoms with Crippen molar-refractivity contribution in [2.24, 2.45) is 0 Å². The van der Waals surface area contributed by atoms with Gasteiger partial charge in [-0.2, -0.15) is 4.98 Å². The molecule has 1 aromatic rings. The summed E-state index contributed by atoms with van der Waals surface area (Å²) in [4.78, 5) is 10.6. The molecule has 4 N–H and O–H groups in total. The third-order valence-electron chi connectivity index (χ3n) is 2.47. The number of nitrogens with zero attached hydrogens (tertiary/aromatic N) is 2. The van der Waals surface area contributed by atoms with Gasteiger partial charge in [0, 0.05) is 31.0 Å². The fourth-order valence-corrected chi connectivity index (χ4v) is 1.71. The number of nitrogens with one attached hydrogen (secondary N) is 2. The van der Waals surface area contributed by atoms with Gasteiger partial charge in [0.25, 0.3) is 0 Å². The number of hydrogen-bond donors (Lipinski definition) is 3. The second-order valence-electron chi connectivity index (χ2n) is 3.62. The molecular formula is C9H14ClN5O. The van der Waals surface area contributed by atoms with E-state index in [9.17, 15) is 0 Å². The third-order valence-corrected chi connectivity index (χ3v) is 2.68. The molecule has 0 bridgehead atoms. The van der Waals surface area contributed by atoms with E-state index in [-0.39, 0.29) is 0 Å². The van der Waals surface area contributed by atoms with Crippen LogP contribution in [0.4, 0.5) is 17.5 Å². The molecule has 88 valence electrons. The minimum Gasteiger partial charge on any atom is -0.382 e. The standard InChI is InChI=1S/C9H14ClN5O/c10-15-7-5-12-9(14-8(7)11)13-6-1-3-16-4-2-6/h5-6,15H,1-4H2,(H3,11,12,13,14). The van der Waals surface area contributed by atoms with Crippen LogP contribution in [0.3, 0.4) is 0 Å². The van der Waals surface area contributed by atoms with Crippen molar-refractivity contribution in [3.8, 4) is 0 Å². The Morgan fingerprint density at radius 2 is 2.19 bits per heavy atom. The third kappa shape index (κ3) is 2.65. The smallest absolute Gasteiger partial charge is 0.224 e. The molecule has 0 aliphatic carbocycles. The lowest BCUT2D eigenvalue weighted by molar-refractivity contribution is 0.0903. The van der Waals surface area contributed by atoms with E-state index in [1.165, 1.54) is 0 Å². The molecule has 0 saturated carbocycles. The lowest BCUT2D eigenvalue weighted by Crippen LogP contribution is -2.28. The van der Waals surface area contributed by atoms with E-state index in [0.29, 0.717) is 23.5 Å². The first-order valence-electron chi connectivity index (χ1n) is 5.13. The van der Waals surface area contributed by atoms with Crippen LogP contribution in [0.2, 0.25) is 0 Å². The minimum absolute atomic E-state index is 0.333. The first kappa shape index (κ1) is 11.2. The largest absolute Gasteiger partial charge is 0.382 e. The van der Waals surface area contributed by atoms with Crippen LogP contribution < -0.4 is 15.9 Å². The van der Waals surface area contributed by atoms with Gasteiger partial charge in [-0.15, -0.1) is 0 Å². The number of nitrogen functional groups attached to an aromatic ring is 1. The highest BCUT2D eigenvalue weighted by atomic mass is 35.5. The molecule has 6 nitrogen and oxygen atoms in total. The monoisotopic (exact) mass is 243 g/mol. The maximum absolute atomic E-state index is 5.67. The van der Waals surface area contributed by atoms with Crippen LogP contribution in [-0.4, -0.2) is 29.2 Å². The van der Waals surface area contributed by atoms with E-state index in [0.717, 1.165) is 26.1 Å². The number of ether oxygens (including phenoxy) is 1. The average Bonchev–Trinajstić information content (AvgIpc) is 2.31. The maximum atomic E-state index is 5.67. The van der Waals surface area contributed by atoms with Crippen LogP contribution >= 0.6 is 11.8 Å². The topological polar surface area (TPSA) is 85.1 Å². The molecule has 1 aromatic heterocycles. The first-order valence-corrected chi connectivity index (χ1v) is 5.51. The van der Waals surface area contributed by atoms with Gasteiger partial charge in [-0.1, -0.05) is 0 Å². The molecule has 0 atom stereocenters. The molecule has 0 amide bonds. The number of aromatic nitrogens is 2. The van der Waals surface area contributed by atoms with Crippen molar-refractivity contribution in [1.29, 1.82) is 0 Å². The molecule has 2 heterocycles.